The highest BCUT2D eigenvalue weighted by Crippen LogP contribution is 2.45. The fourth-order valence-electron chi connectivity index (χ4n) is 5.57. The van der Waals surface area contributed by atoms with E-state index in [9.17, 15) is 9.59 Å². The first kappa shape index (κ1) is 31.5. The number of hydrogen-bond acceptors (Lipinski definition) is 8. The fourth-order valence-corrected chi connectivity index (χ4v) is 8.15. The number of carbonyl (C=O) groups is 2. The van der Waals surface area contributed by atoms with Gasteiger partial charge in [0, 0.05) is 24.4 Å². The molecule has 2 radical (unpaired) electrons. The lowest BCUT2D eigenvalue weighted by Gasteiger charge is -2.48. The Bertz CT molecular complexity index is 807. The summed E-state index contributed by atoms with van der Waals surface area (Å²) in [5.41, 5.74) is -1.08. The summed E-state index contributed by atoms with van der Waals surface area (Å²) in [6.45, 7) is 18.3. The Morgan fingerprint density at radius 3 is 2.21 bits per heavy atom. The third kappa shape index (κ3) is 6.97. The summed E-state index contributed by atoms with van der Waals surface area (Å²) >= 11 is 0. The molecule has 38 heavy (non-hydrogen) atoms. The second-order valence-electron chi connectivity index (χ2n) is 12.4. The average molecular weight is 559 g/mol. The van der Waals surface area contributed by atoms with E-state index in [4.69, 9.17) is 28.1 Å². The van der Waals surface area contributed by atoms with Crippen molar-refractivity contribution in [3.63, 3.8) is 0 Å². The summed E-state index contributed by atoms with van der Waals surface area (Å²) < 4.78 is 53.1. The van der Waals surface area contributed by atoms with E-state index in [1.54, 1.807) is 6.42 Å². The third-order valence-corrected chi connectivity index (χ3v) is 11.5. The highest BCUT2D eigenvalue weighted by molar-refractivity contribution is 6.69. The topological polar surface area (TPSA) is 89.5 Å². The van der Waals surface area contributed by atoms with Gasteiger partial charge >= 0.3 is 20.6 Å². The van der Waals surface area contributed by atoms with Crippen LogP contribution in [0.4, 0.5) is 4.11 Å². The Morgan fingerprint density at radius 2 is 1.66 bits per heavy atom. The molecule has 218 valence electrons. The summed E-state index contributed by atoms with van der Waals surface area (Å²) in [5, 5.41) is 0. The Balaban J connectivity index is 1.79. The van der Waals surface area contributed by atoms with Crippen molar-refractivity contribution in [1.82, 2.24) is 0 Å². The van der Waals surface area contributed by atoms with Crippen molar-refractivity contribution in [3.05, 3.63) is 13.3 Å². The predicted molar refractivity (Wildman–Crippen MR) is 142 cm³/mol. The van der Waals surface area contributed by atoms with Crippen LogP contribution in [-0.4, -0.2) is 76.0 Å². The number of fused-ring (bicyclic) bond motifs is 2. The smallest absolute Gasteiger partial charge is 0.389 e. The zero-order valence-electron chi connectivity index (χ0n) is 24.2. The number of carbonyl (C=O) groups excluding carboxylic acids is 2. The Kier molecular flexibility index (Phi) is 10.4. The van der Waals surface area contributed by atoms with Crippen molar-refractivity contribution in [1.29, 1.82) is 0 Å². The zero-order chi connectivity index (χ0) is 28.4. The summed E-state index contributed by atoms with van der Waals surface area (Å²) in [7, 11) is -3.64. The van der Waals surface area contributed by atoms with E-state index in [-0.39, 0.29) is 35.9 Å². The number of rotatable bonds is 10. The first-order chi connectivity index (χ1) is 17.7. The van der Waals surface area contributed by atoms with Gasteiger partial charge in [0.25, 0.3) is 0 Å². The normalized spacial score (nSPS) is 33.7. The van der Waals surface area contributed by atoms with Gasteiger partial charge in [-0.2, -0.15) is 0 Å². The van der Waals surface area contributed by atoms with E-state index in [1.807, 2.05) is 48.5 Å². The molecule has 0 aromatic carbocycles. The number of halogens is 1. The molecule has 3 saturated heterocycles. The van der Waals surface area contributed by atoms with Gasteiger partial charge in [0.15, 0.2) is 6.10 Å². The van der Waals surface area contributed by atoms with Gasteiger partial charge in [-0.15, -0.1) is 0 Å². The van der Waals surface area contributed by atoms with E-state index < -0.39 is 56.7 Å². The summed E-state index contributed by atoms with van der Waals surface area (Å²) in [4.78, 5) is 24.3. The molecule has 3 rings (SSSR count). The van der Waals surface area contributed by atoms with E-state index in [0.29, 0.717) is 25.7 Å². The van der Waals surface area contributed by atoms with Gasteiger partial charge in [-0.3, -0.25) is 13.7 Å². The third-order valence-electron chi connectivity index (χ3n) is 7.69. The minimum absolute atomic E-state index is 0.188. The summed E-state index contributed by atoms with van der Waals surface area (Å²) in [6, 6.07) is 0. The highest BCUT2D eigenvalue weighted by atomic mass is 28.4. The van der Waals surface area contributed by atoms with Crippen LogP contribution < -0.4 is 0 Å². The molecular weight excluding hydrogens is 511 g/mol. The SMILES string of the molecule is [CH2][CH]C[C@H]1O[C@@H]2[C@@H](O[C@H]3CC[C@H](CCOC(=O)C(C)(C)C)O[C@@H]3[C@H]2OC(C)=O)[C@H]1O[Si](F)(C(C)C)C(C)C. The van der Waals surface area contributed by atoms with Gasteiger partial charge in [0.1, 0.15) is 24.4 Å². The first-order valence-electron chi connectivity index (χ1n) is 14.0. The Hall–Kier alpha value is -1.07. The van der Waals surface area contributed by atoms with Crippen molar-refractivity contribution >= 4 is 20.6 Å². The van der Waals surface area contributed by atoms with Crippen LogP contribution in [0.3, 0.4) is 0 Å². The molecule has 10 heteroatoms. The molecule has 0 amide bonds. The van der Waals surface area contributed by atoms with Crippen LogP contribution >= 0.6 is 0 Å². The average Bonchev–Trinajstić information content (AvgIpc) is 3.14. The van der Waals surface area contributed by atoms with E-state index >= 15 is 4.11 Å². The molecule has 0 aromatic rings. The predicted octanol–water partition coefficient (Wildman–Crippen LogP) is 5.03. The molecule has 8 nitrogen and oxygen atoms in total. The second kappa shape index (κ2) is 12.6. The van der Waals surface area contributed by atoms with Crippen LogP contribution in [-0.2, 0) is 37.7 Å². The van der Waals surface area contributed by atoms with Crippen LogP contribution in [0.25, 0.3) is 0 Å². The van der Waals surface area contributed by atoms with Crippen molar-refractivity contribution in [3.8, 4) is 0 Å². The van der Waals surface area contributed by atoms with Crippen LogP contribution in [0.5, 0.6) is 0 Å². The standard InChI is InChI=1S/C28H47FO8Si/c1-10-11-20-23(37-38(29,16(2)3)17(4)5)25-26(35-20)24(33-18(6)30)22-21(36-25)13-12-19(34-22)14-15-32-27(31)28(7,8)9/h10,16-17,19-26H,1,11-15H2,2-9H3/t19-,20-,21+,22+,23+,24-,25+,26+/m1/s1. The lowest BCUT2D eigenvalue weighted by Crippen LogP contribution is -2.63. The van der Waals surface area contributed by atoms with Gasteiger partial charge in [-0.05, 0) is 53.4 Å². The number of esters is 2. The molecule has 3 heterocycles. The maximum Gasteiger partial charge on any atom is 0.389 e. The minimum Gasteiger partial charge on any atom is -0.465 e. The van der Waals surface area contributed by atoms with Crippen molar-refractivity contribution in [2.24, 2.45) is 5.41 Å². The molecule has 0 spiro atoms. The second-order valence-corrected chi connectivity index (χ2v) is 16.4. The molecule has 8 atom stereocenters. The summed E-state index contributed by atoms with van der Waals surface area (Å²) in [6.07, 6.45) is -0.159. The Morgan fingerprint density at radius 1 is 1.03 bits per heavy atom. The van der Waals surface area contributed by atoms with Crippen LogP contribution in [0.2, 0.25) is 11.1 Å². The van der Waals surface area contributed by atoms with Crippen LogP contribution in [0, 0.1) is 18.8 Å². The van der Waals surface area contributed by atoms with Gasteiger partial charge < -0.3 is 28.1 Å². The molecule has 0 aromatic heterocycles. The first-order valence-corrected chi connectivity index (χ1v) is 15.9. The lowest BCUT2D eigenvalue weighted by atomic mass is 9.87. The monoisotopic (exact) mass is 558 g/mol. The number of ether oxygens (including phenoxy) is 5. The van der Waals surface area contributed by atoms with Crippen LogP contribution in [0.1, 0.15) is 81.1 Å². The molecule has 0 bridgehead atoms. The minimum atomic E-state index is -3.64. The molecule has 0 aliphatic carbocycles. The Labute approximate surface area is 228 Å². The van der Waals surface area contributed by atoms with E-state index in [2.05, 4.69) is 6.92 Å². The largest absolute Gasteiger partial charge is 0.465 e. The molecule has 3 aliphatic heterocycles. The zero-order valence-corrected chi connectivity index (χ0v) is 25.2. The molecule has 0 unspecified atom stereocenters. The maximum absolute atomic E-state index is 16.2. The van der Waals surface area contributed by atoms with E-state index in [0.717, 1.165) is 0 Å². The van der Waals surface area contributed by atoms with Gasteiger partial charge in [0.2, 0.25) is 0 Å². The van der Waals surface area contributed by atoms with Gasteiger partial charge in [-0.25, -0.2) is 0 Å². The van der Waals surface area contributed by atoms with Crippen molar-refractivity contribution in [2.45, 2.75) is 141 Å². The van der Waals surface area contributed by atoms with Crippen molar-refractivity contribution in [2.75, 3.05) is 6.61 Å². The quantitative estimate of drug-likeness (QED) is 0.210. The molecule has 0 saturated carbocycles. The van der Waals surface area contributed by atoms with E-state index in [1.165, 1.54) is 6.92 Å². The van der Waals surface area contributed by atoms with Crippen molar-refractivity contribution < 1.29 is 41.8 Å². The molecule has 0 N–H and O–H groups in total. The van der Waals surface area contributed by atoms with Crippen LogP contribution in [0.15, 0.2) is 0 Å². The lowest BCUT2D eigenvalue weighted by molar-refractivity contribution is -0.265. The molecular formula is C28H47FO8Si. The van der Waals surface area contributed by atoms with Gasteiger partial charge in [0.05, 0.1) is 30.3 Å². The van der Waals surface area contributed by atoms with Gasteiger partial charge in [-0.1, -0.05) is 27.7 Å². The fraction of sp³-hybridized carbons (Fsp3) is 0.857. The summed E-state index contributed by atoms with van der Waals surface area (Å²) in [5.74, 6) is -0.715. The number of hydrogen-bond donors (Lipinski definition) is 0. The molecule has 3 aliphatic rings. The highest BCUT2D eigenvalue weighted by Gasteiger charge is 2.61. The maximum atomic E-state index is 16.2. The molecule has 3 fully saturated rings.